The maximum Gasteiger partial charge on any atom is 0.339 e. The van der Waals surface area contributed by atoms with Gasteiger partial charge in [0.2, 0.25) is 0 Å². The molecule has 2 aromatic carbocycles. The molecule has 0 aliphatic carbocycles. The van der Waals surface area contributed by atoms with E-state index < -0.39 is 28.2 Å². The number of ketones is 1. The second kappa shape index (κ2) is 7.27. The summed E-state index contributed by atoms with van der Waals surface area (Å²) in [6.45, 7) is -0.496. The lowest BCUT2D eigenvalue weighted by Gasteiger charge is -2.08. The predicted octanol–water partition coefficient (Wildman–Crippen LogP) is 2.14. The van der Waals surface area contributed by atoms with Crippen molar-refractivity contribution in [2.75, 3.05) is 20.0 Å². The minimum absolute atomic E-state index is 0.0987. The van der Waals surface area contributed by atoms with Gasteiger partial charge in [-0.15, -0.1) is 0 Å². The average molecular weight is 348 g/mol. The molecule has 126 valence electrons. The Morgan fingerprint density at radius 2 is 1.75 bits per heavy atom. The third-order valence-corrected chi connectivity index (χ3v) is 4.39. The lowest BCUT2D eigenvalue weighted by molar-refractivity contribution is 0.0471. The SMILES string of the molecule is COc1cccc(C(=O)COC(=O)c2ccccc2S(C)(=O)=O)c1. The van der Waals surface area contributed by atoms with Crippen LogP contribution in [-0.4, -0.2) is 40.1 Å². The lowest BCUT2D eigenvalue weighted by Crippen LogP contribution is -2.16. The van der Waals surface area contributed by atoms with Crippen molar-refractivity contribution < 1.29 is 27.5 Å². The van der Waals surface area contributed by atoms with Crippen LogP contribution < -0.4 is 4.74 Å². The van der Waals surface area contributed by atoms with Gasteiger partial charge in [-0.05, 0) is 24.3 Å². The molecule has 0 atom stereocenters. The van der Waals surface area contributed by atoms with Crippen LogP contribution in [-0.2, 0) is 14.6 Å². The van der Waals surface area contributed by atoms with Crippen molar-refractivity contribution in [2.45, 2.75) is 4.90 Å². The van der Waals surface area contributed by atoms with Gasteiger partial charge in [0.25, 0.3) is 0 Å². The van der Waals surface area contributed by atoms with Crippen LogP contribution >= 0.6 is 0 Å². The zero-order valence-electron chi connectivity index (χ0n) is 13.2. The first-order valence-electron chi connectivity index (χ1n) is 6.96. The second-order valence-corrected chi connectivity index (χ2v) is 6.98. The molecule has 0 N–H and O–H groups in total. The average Bonchev–Trinajstić information content (AvgIpc) is 2.58. The quantitative estimate of drug-likeness (QED) is 0.587. The Kier molecular flexibility index (Phi) is 5.35. The van der Waals surface area contributed by atoms with Gasteiger partial charge in [-0.2, -0.15) is 0 Å². The molecule has 0 saturated carbocycles. The van der Waals surface area contributed by atoms with Gasteiger partial charge in [0.15, 0.2) is 22.2 Å². The molecular formula is C17H16O6S. The summed E-state index contributed by atoms with van der Waals surface area (Å²) in [6.07, 6.45) is 1.00. The number of methoxy groups -OCH3 is 1. The highest BCUT2D eigenvalue weighted by Gasteiger charge is 2.20. The number of rotatable bonds is 6. The van der Waals surface area contributed by atoms with Gasteiger partial charge in [0, 0.05) is 11.8 Å². The maximum atomic E-state index is 12.1. The Morgan fingerprint density at radius 3 is 2.42 bits per heavy atom. The van der Waals surface area contributed by atoms with Crippen LogP contribution in [0.5, 0.6) is 5.75 Å². The molecule has 7 heteroatoms. The van der Waals surface area contributed by atoms with Gasteiger partial charge >= 0.3 is 5.97 Å². The van der Waals surface area contributed by atoms with E-state index in [4.69, 9.17) is 9.47 Å². The first-order chi connectivity index (χ1) is 11.3. The number of sulfone groups is 1. The summed E-state index contributed by atoms with van der Waals surface area (Å²) in [5, 5.41) is 0. The number of carbonyl (C=O) groups is 2. The number of benzene rings is 2. The number of hydrogen-bond donors (Lipinski definition) is 0. The number of Topliss-reactive ketones (excluding diaryl/α,β-unsaturated/α-hetero) is 1. The van der Waals surface area contributed by atoms with Crippen LogP contribution in [0.15, 0.2) is 53.4 Å². The van der Waals surface area contributed by atoms with Crippen molar-refractivity contribution in [1.29, 1.82) is 0 Å². The molecule has 0 aromatic heterocycles. The van der Waals surface area contributed by atoms with E-state index in [1.165, 1.54) is 37.4 Å². The van der Waals surface area contributed by atoms with E-state index in [0.717, 1.165) is 6.26 Å². The van der Waals surface area contributed by atoms with E-state index in [0.29, 0.717) is 11.3 Å². The summed E-state index contributed by atoms with van der Waals surface area (Å²) >= 11 is 0. The van der Waals surface area contributed by atoms with Crippen LogP contribution in [0.1, 0.15) is 20.7 Å². The lowest BCUT2D eigenvalue weighted by atomic mass is 10.1. The van der Waals surface area contributed by atoms with E-state index in [9.17, 15) is 18.0 Å². The predicted molar refractivity (Wildman–Crippen MR) is 87.2 cm³/mol. The van der Waals surface area contributed by atoms with E-state index in [2.05, 4.69) is 0 Å². The van der Waals surface area contributed by atoms with Crippen molar-refractivity contribution in [3.05, 3.63) is 59.7 Å². The molecule has 0 fully saturated rings. The highest BCUT2D eigenvalue weighted by Crippen LogP contribution is 2.17. The van der Waals surface area contributed by atoms with E-state index in [1.54, 1.807) is 18.2 Å². The molecule has 0 bridgehead atoms. The molecule has 0 amide bonds. The highest BCUT2D eigenvalue weighted by molar-refractivity contribution is 7.90. The Bertz CT molecular complexity index is 870. The van der Waals surface area contributed by atoms with Gasteiger partial charge < -0.3 is 9.47 Å². The molecule has 2 rings (SSSR count). The largest absolute Gasteiger partial charge is 0.497 e. The molecule has 0 radical (unpaired) electrons. The summed E-state index contributed by atoms with van der Waals surface area (Å²) in [6, 6.07) is 12.1. The summed E-state index contributed by atoms with van der Waals surface area (Å²) in [5.74, 6) is -0.777. The van der Waals surface area contributed by atoms with Gasteiger partial charge in [-0.3, -0.25) is 4.79 Å². The first-order valence-corrected chi connectivity index (χ1v) is 8.85. The number of esters is 1. The van der Waals surface area contributed by atoms with Crippen molar-refractivity contribution in [1.82, 2.24) is 0 Å². The molecule has 0 heterocycles. The molecular weight excluding hydrogens is 332 g/mol. The zero-order valence-corrected chi connectivity index (χ0v) is 14.0. The fourth-order valence-electron chi connectivity index (χ4n) is 2.05. The van der Waals surface area contributed by atoms with Crippen LogP contribution in [0.2, 0.25) is 0 Å². The molecule has 0 aliphatic rings. The standard InChI is InChI=1S/C17H16O6S/c1-22-13-7-5-6-12(10-13)15(18)11-23-17(19)14-8-3-4-9-16(14)24(2,20)21/h3-10H,11H2,1-2H3. The van der Waals surface area contributed by atoms with Crippen molar-refractivity contribution in [3.63, 3.8) is 0 Å². The van der Waals surface area contributed by atoms with Crippen LogP contribution in [0.4, 0.5) is 0 Å². The molecule has 0 spiro atoms. The number of ether oxygens (including phenoxy) is 2. The van der Waals surface area contributed by atoms with Gasteiger partial charge in [0.1, 0.15) is 5.75 Å². The van der Waals surface area contributed by atoms with Gasteiger partial charge in [-0.1, -0.05) is 24.3 Å². The monoisotopic (exact) mass is 348 g/mol. The Balaban J connectivity index is 2.13. The zero-order chi connectivity index (χ0) is 17.7. The van der Waals surface area contributed by atoms with Crippen molar-refractivity contribution in [3.8, 4) is 5.75 Å². The van der Waals surface area contributed by atoms with Crippen LogP contribution in [0.3, 0.4) is 0 Å². The Labute approximate surface area is 139 Å². The topological polar surface area (TPSA) is 86.7 Å². The van der Waals surface area contributed by atoms with E-state index in [-0.39, 0.29) is 10.5 Å². The van der Waals surface area contributed by atoms with Crippen molar-refractivity contribution in [2.24, 2.45) is 0 Å². The van der Waals surface area contributed by atoms with Gasteiger partial charge in [0.05, 0.1) is 17.6 Å². The molecule has 24 heavy (non-hydrogen) atoms. The second-order valence-electron chi connectivity index (χ2n) is 5.00. The highest BCUT2D eigenvalue weighted by atomic mass is 32.2. The summed E-state index contributed by atoms with van der Waals surface area (Å²) in [4.78, 5) is 24.1. The normalized spacial score (nSPS) is 10.9. The Morgan fingerprint density at radius 1 is 1.04 bits per heavy atom. The Hall–Kier alpha value is -2.67. The minimum Gasteiger partial charge on any atom is -0.497 e. The maximum absolute atomic E-state index is 12.1. The minimum atomic E-state index is -3.58. The molecule has 2 aromatic rings. The fraction of sp³-hybridized carbons (Fsp3) is 0.176. The fourth-order valence-corrected chi connectivity index (χ4v) is 2.92. The number of hydrogen-bond acceptors (Lipinski definition) is 6. The third kappa shape index (κ3) is 4.20. The molecule has 0 aliphatic heterocycles. The number of carbonyl (C=O) groups excluding carboxylic acids is 2. The molecule has 0 saturated heterocycles. The van der Waals surface area contributed by atoms with Gasteiger partial charge in [-0.25, -0.2) is 13.2 Å². The third-order valence-electron chi connectivity index (χ3n) is 3.23. The molecule has 6 nitrogen and oxygen atoms in total. The van der Waals surface area contributed by atoms with Crippen LogP contribution in [0.25, 0.3) is 0 Å². The summed E-state index contributed by atoms with van der Waals surface area (Å²) in [5.41, 5.74) is 0.233. The summed E-state index contributed by atoms with van der Waals surface area (Å²) in [7, 11) is -2.10. The summed E-state index contributed by atoms with van der Waals surface area (Å²) < 4.78 is 33.4. The van der Waals surface area contributed by atoms with E-state index in [1.807, 2.05) is 0 Å². The smallest absolute Gasteiger partial charge is 0.339 e. The first kappa shape index (κ1) is 17.7. The van der Waals surface area contributed by atoms with E-state index >= 15 is 0 Å². The van der Waals surface area contributed by atoms with Crippen molar-refractivity contribution >= 4 is 21.6 Å². The van der Waals surface area contributed by atoms with Crippen LogP contribution in [0, 0.1) is 0 Å². The molecule has 0 unspecified atom stereocenters.